The van der Waals surface area contributed by atoms with Crippen LogP contribution in [-0.4, -0.2) is 5.11 Å². The van der Waals surface area contributed by atoms with E-state index in [9.17, 15) is 13.9 Å². The minimum atomic E-state index is -0.634. The molecule has 2 aromatic carbocycles. The number of rotatable bonds is 4. The first-order chi connectivity index (χ1) is 9.08. The molecule has 0 aliphatic heterocycles. The molecule has 0 aliphatic rings. The zero-order valence-electron chi connectivity index (χ0n) is 10.5. The zero-order valence-corrected chi connectivity index (χ0v) is 10.5. The van der Waals surface area contributed by atoms with E-state index in [2.05, 4.69) is 0 Å². The Morgan fingerprint density at radius 3 is 2.37 bits per heavy atom. The van der Waals surface area contributed by atoms with Gasteiger partial charge in [0.05, 0.1) is 6.61 Å². The van der Waals surface area contributed by atoms with Gasteiger partial charge in [-0.15, -0.1) is 0 Å². The summed E-state index contributed by atoms with van der Waals surface area (Å²) in [6.45, 7) is 1.81. The largest absolute Gasteiger partial charge is 0.489 e. The summed E-state index contributed by atoms with van der Waals surface area (Å²) >= 11 is 0. The van der Waals surface area contributed by atoms with E-state index < -0.39 is 11.6 Å². The molecule has 0 radical (unpaired) electrons. The molecule has 100 valence electrons. The van der Waals surface area contributed by atoms with Gasteiger partial charge in [-0.3, -0.25) is 0 Å². The maximum Gasteiger partial charge on any atom is 0.126 e. The molecule has 0 aromatic heterocycles. The van der Waals surface area contributed by atoms with Crippen molar-refractivity contribution in [1.29, 1.82) is 0 Å². The van der Waals surface area contributed by atoms with Gasteiger partial charge in [0.2, 0.25) is 0 Å². The highest BCUT2D eigenvalue weighted by Gasteiger charge is 2.05. The fraction of sp³-hybridized carbons (Fsp3) is 0.200. The number of aliphatic hydroxyl groups excluding tert-OH is 1. The molecule has 0 unspecified atom stereocenters. The van der Waals surface area contributed by atoms with Crippen LogP contribution in [0.2, 0.25) is 0 Å². The number of ether oxygens (including phenoxy) is 1. The van der Waals surface area contributed by atoms with Crippen molar-refractivity contribution in [2.24, 2.45) is 0 Å². The summed E-state index contributed by atoms with van der Waals surface area (Å²) in [6.07, 6.45) is 0. The van der Waals surface area contributed by atoms with Gasteiger partial charge in [-0.05, 0) is 30.7 Å². The Balaban J connectivity index is 2.14. The molecule has 19 heavy (non-hydrogen) atoms. The second kappa shape index (κ2) is 5.80. The maximum absolute atomic E-state index is 13.0. The number of hydrogen-bond acceptors (Lipinski definition) is 2. The summed E-state index contributed by atoms with van der Waals surface area (Å²) in [6, 6.07) is 8.64. The molecule has 4 heteroatoms. The molecular weight excluding hydrogens is 250 g/mol. The van der Waals surface area contributed by atoms with E-state index in [1.165, 1.54) is 12.1 Å². The van der Waals surface area contributed by atoms with Gasteiger partial charge in [-0.1, -0.05) is 17.7 Å². The van der Waals surface area contributed by atoms with Crippen molar-refractivity contribution in [2.75, 3.05) is 0 Å². The number of benzene rings is 2. The lowest BCUT2D eigenvalue weighted by Crippen LogP contribution is -2.00. The predicted molar refractivity (Wildman–Crippen MR) is 67.8 cm³/mol. The van der Waals surface area contributed by atoms with Crippen molar-refractivity contribution in [1.82, 2.24) is 0 Å². The number of halogens is 2. The zero-order chi connectivity index (χ0) is 13.8. The fourth-order valence-corrected chi connectivity index (χ4v) is 1.83. The van der Waals surface area contributed by atoms with Gasteiger partial charge < -0.3 is 9.84 Å². The Bertz CT molecular complexity index is 562. The molecule has 0 saturated carbocycles. The number of aryl methyl sites for hydroxylation is 1. The van der Waals surface area contributed by atoms with Crippen LogP contribution in [0, 0.1) is 18.6 Å². The summed E-state index contributed by atoms with van der Waals surface area (Å²) in [4.78, 5) is 0. The van der Waals surface area contributed by atoms with E-state index in [0.717, 1.165) is 11.6 Å². The molecule has 0 spiro atoms. The molecule has 1 N–H and O–H groups in total. The first-order valence-electron chi connectivity index (χ1n) is 5.86. The SMILES string of the molecule is Cc1ccc(OCc2cc(F)cc(F)c2)c(CO)c1. The lowest BCUT2D eigenvalue weighted by atomic mass is 10.1. The van der Waals surface area contributed by atoms with E-state index in [1.807, 2.05) is 19.1 Å². The summed E-state index contributed by atoms with van der Waals surface area (Å²) in [5.41, 5.74) is 2.06. The lowest BCUT2D eigenvalue weighted by molar-refractivity contribution is 0.258. The summed E-state index contributed by atoms with van der Waals surface area (Å²) < 4.78 is 31.5. The van der Waals surface area contributed by atoms with E-state index in [1.54, 1.807) is 6.07 Å². The first-order valence-corrected chi connectivity index (χ1v) is 5.86. The molecule has 0 saturated heterocycles. The lowest BCUT2D eigenvalue weighted by Gasteiger charge is -2.11. The third kappa shape index (κ3) is 3.51. The monoisotopic (exact) mass is 264 g/mol. The van der Waals surface area contributed by atoms with Crippen LogP contribution < -0.4 is 4.74 Å². The molecule has 2 aromatic rings. The quantitative estimate of drug-likeness (QED) is 0.917. The molecule has 2 nitrogen and oxygen atoms in total. The topological polar surface area (TPSA) is 29.5 Å². The Morgan fingerprint density at radius 1 is 1.05 bits per heavy atom. The fourth-order valence-electron chi connectivity index (χ4n) is 1.83. The van der Waals surface area contributed by atoms with Crippen LogP contribution in [0.4, 0.5) is 8.78 Å². The minimum absolute atomic E-state index is 0.0464. The first kappa shape index (κ1) is 13.5. The molecule has 0 atom stereocenters. The molecular formula is C15H14F2O2. The average molecular weight is 264 g/mol. The second-order valence-electron chi connectivity index (χ2n) is 4.34. The molecule has 2 rings (SSSR count). The van der Waals surface area contributed by atoms with Crippen LogP contribution in [-0.2, 0) is 13.2 Å². The number of hydrogen-bond donors (Lipinski definition) is 1. The van der Waals surface area contributed by atoms with Gasteiger partial charge in [0.15, 0.2) is 0 Å². The van der Waals surface area contributed by atoms with Crippen LogP contribution in [0.3, 0.4) is 0 Å². The Morgan fingerprint density at radius 2 is 1.74 bits per heavy atom. The molecule has 0 fully saturated rings. The van der Waals surface area contributed by atoms with E-state index in [0.29, 0.717) is 16.9 Å². The summed E-state index contributed by atoms with van der Waals surface area (Å²) in [5.74, 6) is -0.757. The second-order valence-corrected chi connectivity index (χ2v) is 4.34. The molecule has 0 amide bonds. The summed E-state index contributed by atoms with van der Waals surface area (Å²) in [5, 5.41) is 9.23. The molecule has 0 bridgehead atoms. The van der Waals surface area contributed by atoms with Crippen molar-refractivity contribution in [3.05, 3.63) is 64.7 Å². The normalized spacial score (nSPS) is 10.5. The highest BCUT2D eigenvalue weighted by atomic mass is 19.1. The third-order valence-corrected chi connectivity index (χ3v) is 2.70. The van der Waals surface area contributed by atoms with E-state index in [4.69, 9.17) is 4.74 Å². The van der Waals surface area contributed by atoms with Gasteiger partial charge in [0, 0.05) is 11.6 Å². The van der Waals surface area contributed by atoms with Gasteiger partial charge in [-0.25, -0.2) is 8.78 Å². The Labute approximate surface area is 110 Å². The van der Waals surface area contributed by atoms with Crippen molar-refractivity contribution in [2.45, 2.75) is 20.1 Å². The smallest absolute Gasteiger partial charge is 0.126 e. The van der Waals surface area contributed by atoms with Gasteiger partial charge in [-0.2, -0.15) is 0 Å². The van der Waals surface area contributed by atoms with Gasteiger partial charge in [0.1, 0.15) is 24.0 Å². The van der Waals surface area contributed by atoms with Crippen LogP contribution in [0.25, 0.3) is 0 Å². The summed E-state index contributed by atoms with van der Waals surface area (Å²) in [7, 11) is 0. The van der Waals surface area contributed by atoms with Crippen LogP contribution >= 0.6 is 0 Å². The van der Waals surface area contributed by atoms with E-state index >= 15 is 0 Å². The Kier molecular flexibility index (Phi) is 4.12. The highest BCUT2D eigenvalue weighted by molar-refractivity contribution is 5.36. The Hall–Kier alpha value is -1.94. The van der Waals surface area contributed by atoms with E-state index in [-0.39, 0.29) is 13.2 Å². The third-order valence-electron chi connectivity index (χ3n) is 2.70. The highest BCUT2D eigenvalue weighted by Crippen LogP contribution is 2.21. The number of aliphatic hydroxyl groups is 1. The molecule has 0 heterocycles. The predicted octanol–water partition coefficient (Wildman–Crippen LogP) is 3.34. The molecule has 0 aliphatic carbocycles. The average Bonchev–Trinajstić information content (AvgIpc) is 2.36. The maximum atomic E-state index is 13.0. The van der Waals surface area contributed by atoms with Gasteiger partial charge >= 0.3 is 0 Å². The van der Waals surface area contributed by atoms with Gasteiger partial charge in [0.25, 0.3) is 0 Å². The van der Waals surface area contributed by atoms with Crippen LogP contribution in [0.1, 0.15) is 16.7 Å². The van der Waals surface area contributed by atoms with Crippen molar-refractivity contribution >= 4 is 0 Å². The van der Waals surface area contributed by atoms with Crippen molar-refractivity contribution in [3.63, 3.8) is 0 Å². The minimum Gasteiger partial charge on any atom is -0.489 e. The standard InChI is InChI=1S/C15H14F2O2/c1-10-2-3-15(12(4-10)8-18)19-9-11-5-13(16)7-14(17)6-11/h2-7,18H,8-9H2,1H3. The van der Waals surface area contributed by atoms with Crippen LogP contribution in [0.5, 0.6) is 5.75 Å². The van der Waals surface area contributed by atoms with Crippen LogP contribution in [0.15, 0.2) is 36.4 Å². The van der Waals surface area contributed by atoms with Crippen molar-refractivity contribution < 1.29 is 18.6 Å². The van der Waals surface area contributed by atoms with Crippen molar-refractivity contribution in [3.8, 4) is 5.75 Å².